The maximum absolute atomic E-state index is 12.1. The molecule has 0 atom stereocenters. The Morgan fingerprint density at radius 1 is 1.38 bits per heavy atom. The molecule has 0 spiro atoms. The van der Waals surface area contributed by atoms with Crippen LogP contribution in [-0.2, 0) is 17.6 Å². The van der Waals surface area contributed by atoms with Gasteiger partial charge in [-0.1, -0.05) is 0 Å². The van der Waals surface area contributed by atoms with Crippen molar-refractivity contribution in [1.82, 2.24) is 9.88 Å². The highest BCUT2D eigenvalue weighted by Crippen LogP contribution is 2.29. The van der Waals surface area contributed by atoms with Gasteiger partial charge in [-0.25, -0.2) is 4.98 Å². The minimum absolute atomic E-state index is 0.0107. The molecule has 1 fully saturated rings. The number of aryl methyl sites for hydroxylation is 2. The monoisotopic (exact) mass is 304 g/mol. The van der Waals surface area contributed by atoms with Crippen LogP contribution in [0.15, 0.2) is 0 Å². The summed E-state index contributed by atoms with van der Waals surface area (Å²) in [5.41, 5.74) is 1.18. The molecule has 0 unspecified atom stereocenters. The molecule has 1 amide bonds. The maximum Gasteiger partial charge on any atom is 0.240 e. The molecule has 112 valence electrons. The van der Waals surface area contributed by atoms with E-state index in [9.17, 15) is 4.79 Å². The van der Waals surface area contributed by atoms with E-state index in [-0.39, 0.29) is 11.8 Å². The second-order valence-corrected chi connectivity index (χ2v) is 6.91. The van der Waals surface area contributed by atoms with Crippen LogP contribution in [0.5, 0.6) is 0 Å². The van der Waals surface area contributed by atoms with Crippen LogP contribution >= 0.6 is 11.3 Å². The number of hydrogen-bond donors (Lipinski definition) is 1. The number of nitriles is 1. The van der Waals surface area contributed by atoms with Gasteiger partial charge in [0.2, 0.25) is 5.91 Å². The fourth-order valence-electron chi connectivity index (χ4n) is 2.99. The van der Waals surface area contributed by atoms with E-state index in [1.165, 1.54) is 23.4 Å². The van der Waals surface area contributed by atoms with Crippen LogP contribution in [0.3, 0.4) is 0 Å². The third kappa shape index (κ3) is 3.60. The predicted octanol–water partition coefficient (Wildman–Crippen LogP) is 2.20. The third-order valence-electron chi connectivity index (χ3n) is 4.23. The smallest absolute Gasteiger partial charge is 0.240 e. The van der Waals surface area contributed by atoms with Crippen LogP contribution in [0.1, 0.15) is 36.3 Å². The van der Waals surface area contributed by atoms with E-state index in [4.69, 9.17) is 5.26 Å². The zero-order valence-corrected chi connectivity index (χ0v) is 12.9. The Kier molecular flexibility index (Phi) is 4.51. The number of rotatable bonds is 3. The molecular formula is C15H20N4OS. The fraction of sp³-hybridized carbons (Fsp3) is 0.667. The summed E-state index contributed by atoms with van der Waals surface area (Å²) in [6, 6.07) is 2.31. The number of nitrogens with one attached hydrogen (secondary N) is 1. The van der Waals surface area contributed by atoms with Gasteiger partial charge in [0.15, 0.2) is 5.13 Å². The maximum atomic E-state index is 12.1. The Morgan fingerprint density at radius 3 is 2.86 bits per heavy atom. The molecule has 1 N–H and O–H groups in total. The van der Waals surface area contributed by atoms with E-state index < -0.39 is 0 Å². The van der Waals surface area contributed by atoms with Crippen molar-refractivity contribution < 1.29 is 4.79 Å². The number of piperidine rings is 1. The molecule has 0 aromatic carbocycles. The highest BCUT2D eigenvalue weighted by Gasteiger charge is 2.21. The molecule has 5 nitrogen and oxygen atoms in total. The molecule has 2 aliphatic rings. The van der Waals surface area contributed by atoms with Gasteiger partial charge in [0.25, 0.3) is 0 Å². The minimum atomic E-state index is 0.0107. The molecule has 2 heterocycles. The van der Waals surface area contributed by atoms with E-state index in [0.717, 1.165) is 43.9 Å². The second-order valence-electron chi connectivity index (χ2n) is 5.82. The van der Waals surface area contributed by atoms with Crippen molar-refractivity contribution in [3.63, 3.8) is 0 Å². The molecule has 1 aliphatic carbocycles. The molecule has 6 heteroatoms. The van der Waals surface area contributed by atoms with Gasteiger partial charge in [0.1, 0.15) is 0 Å². The molecule has 1 aromatic heterocycles. The SMILES string of the molecule is N#CC1CCN(CC(=O)Nc2nc3c(s2)CCCC3)CC1. The fourth-order valence-corrected chi connectivity index (χ4v) is 4.05. The second kappa shape index (κ2) is 6.54. The molecule has 0 bridgehead atoms. The molecule has 21 heavy (non-hydrogen) atoms. The normalized spacial score (nSPS) is 19.8. The number of fused-ring (bicyclic) bond motifs is 1. The summed E-state index contributed by atoms with van der Waals surface area (Å²) >= 11 is 1.63. The van der Waals surface area contributed by atoms with Crippen molar-refractivity contribution in [2.24, 2.45) is 5.92 Å². The van der Waals surface area contributed by atoms with Gasteiger partial charge in [-0.15, -0.1) is 11.3 Å². The molecule has 1 aromatic rings. The number of aromatic nitrogens is 1. The van der Waals surface area contributed by atoms with Gasteiger partial charge in [0.05, 0.1) is 18.3 Å². The molecular weight excluding hydrogens is 284 g/mol. The van der Waals surface area contributed by atoms with E-state index in [0.29, 0.717) is 6.54 Å². The van der Waals surface area contributed by atoms with E-state index in [1.54, 1.807) is 11.3 Å². The molecule has 1 aliphatic heterocycles. The number of likely N-dealkylation sites (tertiary alicyclic amines) is 1. The Labute approximate surface area is 129 Å². The zero-order chi connectivity index (χ0) is 14.7. The summed E-state index contributed by atoms with van der Waals surface area (Å²) in [5, 5.41) is 12.6. The van der Waals surface area contributed by atoms with Crippen LogP contribution in [0.25, 0.3) is 0 Å². The lowest BCUT2D eigenvalue weighted by Crippen LogP contribution is -2.39. The highest BCUT2D eigenvalue weighted by atomic mass is 32.1. The molecule has 1 saturated heterocycles. The minimum Gasteiger partial charge on any atom is -0.301 e. The van der Waals surface area contributed by atoms with E-state index >= 15 is 0 Å². The van der Waals surface area contributed by atoms with Crippen molar-refractivity contribution >= 4 is 22.4 Å². The number of anilines is 1. The number of carbonyl (C=O) groups is 1. The van der Waals surface area contributed by atoms with Gasteiger partial charge in [-0.2, -0.15) is 5.26 Å². The average Bonchev–Trinajstić information content (AvgIpc) is 2.90. The van der Waals surface area contributed by atoms with Gasteiger partial charge in [-0.05, 0) is 51.6 Å². The van der Waals surface area contributed by atoms with E-state index in [2.05, 4.69) is 21.3 Å². The summed E-state index contributed by atoms with van der Waals surface area (Å²) < 4.78 is 0. The summed E-state index contributed by atoms with van der Waals surface area (Å²) in [5.74, 6) is 0.173. The number of hydrogen-bond acceptors (Lipinski definition) is 5. The van der Waals surface area contributed by atoms with Crippen molar-refractivity contribution in [2.45, 2.75) is 38.5 Å². The standard InChI is InChI=1S/C15H20N4OS/c16-9-11-5-7-19(8-6-11)10-14(20)18-15-17-12-3-1-2-4-13(12)21-15/h11H,1-8,10H2,(H,17,18,20). The lowest BCUT2D eigenvalue weighted by atomic mass is 9.99. The van der Waals surface area contributed by atoms with Gasteiger partial charge in [0, 0.05) is 10.8 Å². The molecule has 3 rings (SSSR count). The largest absolute Gasteiger partial charge is 0.301 e. The first-order valence-electron chi connectivity index (χ1n) is 7.65. The Hall–Kier alpha value is -1.45. The van der Waals surface area contributed by atoms with Crippen LogP contribution in [0.4, 0.5) is 5.13 Å². The quantitative estimate of drug-likeness (QED) is 0.929. The zero-order valence-electron chi connectivity index (χ0n) is 12.1. The van der Waals surface area contributed by atoms with Crippen molar-refractivity contribution in [3.8, 4) is 6.07 Å². The third-order valence-corrected chi connectivity index (χ3v) is 5.30. The Bertz CT molecular complexity index is 531. The topological polar surface area (TPSA) is 69.0 Å². The predicted molar refractivity (Wildman–Crippen MR) is 82.2 cm³/mol. The summed E-state index contributed by atoms with van der Waals surface area (Å²) in [4.78, 5) is 20.1. The summed E-state index contributed by atoms with van der Waals surface area (Å²) in [6.45, 7) is 2.07. The Balaban J connectivity index is 1.50. The first kappa shape index (κ1) is 14.5. The van der Waals surface area contributed by atoms with Crippen molar-refractivity contribution in [1.29, 1.82) is 5.26 Å². The van der Waals surface area contributed by atoms with E-state index in [1.807, 2.05) is 0 Å². The van der Waals surface area contributed by atoms with Gasteiger partial charge in [-0.3, -0.25) is 9.69 Å². The lowest BCUT2D eigenvalue weighted by molar-refractivity contribution is -0.117. The first-order chi connectivity index (χ1) is 10.2. The van der Waals surface area contributed by atoms with Gasteiger partial charge >= 0.3 is 0 Å². The van der Waals surface area contributed by atoms with Crippen LogP contribution in [0, 0.1) is 17.2 Å². The first-order valence-corrected chi connectivity index (χ1v) is 8.46. The van der Waals surface area contributed by atoms with Crippen LogP contribution in [0.2, 0.25) is 0 Å². The number of carbonyl (C=O) groups excluding carboxylic acids is 1. The average molecular weight is 304 g/mol. The molecule has 0 radical (unpaired) electrons. The lowest BCUT2D eigenvalue weighted by Gasteiger charge is -2.28. The van der Waals surface area contributed by atoms with Crippen molar-refractivity contribution in [2.75, 3.05) is 25.0 Å². The van der Waals surface area contributed by atoms with Crippen LogP contribution < -0.4 is 5.32 Å². The molecule has 0 saturated carbocycles. The number of nitrogens with zero attached hydrogens (tertiary/aromatic N) is 3. The highest BCUT2D eigenvalue weighted by molar-refractivity contribution is 7.15. The summed E-state index contributed by atoms with van der Waals surface area (Å²) in [6.07, 6.45) is 6.33. The van der Waals surface area contributed by atoms with Gasteiger partial charge < -0.3 is 5.32 Å². The number of amides is 1. The number of thiazole rings is 1. The van der Waals surface area contributed by atoms with Crippen molar-refractivity contribution in [3.05, 3.63) is 10.6 Å². The summed E-state index contributed by atoms with van der Waals surface area (Å²) in [7, 11) is 0. The Morgan fingerprint density at radius 2 is 2.14 bits per heavy atom. The van der Waals surface area contributed by atoms with Crippen LogP contribution in [-0.4, -0.2) is 35.4 Å².